The molecule has 0 aliphatic carbocycles. The van der Waals surface area contributed by atoms with E-state index >= 15 is 0 Å². The minimum Gasteiger partial charge on any atom is -0.496 e. The van der Waals surface area contributed by atoms with Crippen LogP contribution in [0.5, 0.6) is 5.75 Å². The van der Waals surface area contributed by atoms with Crippen molar-refractivity contribution in [3.8, 4) is 11.8 Å². The van der Waals surface area contributed by atoms with E-state index in [2.05, 4.69) is 16.7 Å². The maximum atomic E-state index is 13.8. The molecule has 7 heteroatoms. The number of nitrogens with one attached hydrogen (secondary N) is 2. The molecule has 0 atom stereocenters. The number of fused-ring (bicyclic) bond motifs is 1. The van der Waals surface area contributed by atoms with Crippen LogP contribution in [0.25, 0.3) is 0 Å². The second-order valence-corrected chi connectivity index (χ2v) is 7.24. The third-order valence-corrected chi connectivity index (χ3v) is 5.14. The topological polar surface area (TPSA) is 57.1 Å². The molecule has 1 aliphatic rings. The average molecular weight is 412 g/mol. The van der Waals surface area contributed by atoms with Crippen LogP contribution in [-0.2, 0) is 12.1 Å². The van der Waals surface area contributed by atoms with Gasteiger partial charge in [-0.15, -0.1) is 0 Å². The molecule has 0 unspecified atom stereocenters. The first kappa shape index (κ1) is 19.0. The van der Waals surface area contributed by atoms with Gasteiger partial charge in [-0.2, -0.15) is 5.26 Å². The summed E-state index contributed by atoms with van der Waals surface area (Å²) in [7, 11) is 1.53. The highest BCUT2D eigenvalue weighted by molar-refractivity contribution is 6.30. The Morgan fingerprint density at radius 1 is 1.03 bits per heavy atom. The first-order chi connectivity index (χ1) is 13.9. The van der Waals surface area contributed by atoms with Crippen molar-refractivity contribution in [1.29, 1.82) is 5.26 Å². The number of benzene rings is 3. The summed E-state index contributed by atoms with van der Waals surface area (Å²) in [5.74, 6) is -1.37. The molecule has 0 radical (unpaired) electrons. The zero-order valence-electron chi connectivity index (χ0n) is 15.4. The Bertz CT molecular complexity index is 1110. The van der Waals surface area contributed by atoms with Gasteiger partial charge in [-0.3, -0.25) is 0 Å². The molecule has 0 bridgehead atoms. The Morgan fingerprint density at radius 2 is 1.72 bits per heavy atom. The number of halogens is 3. The van der Waals surface area contributed by atoms with E-state index in [4.69, 9.17) is 16.3 Å². The smallest absolute Gasteiger partial charge is 0.161 e. The summed E-state index contributed by atoms with van der Waals surface area (Å²) < 4.78 is 33.2. The fourth-order valence-corrected chi connectivity index (χ4v) is 3.80. The highest BCUT2D eigenvalue weighted by Gasteiger charge is 2.41. The molecule has 0 aromatic heterocycles. The molecule has 0 amide bonds. The first-order valence-corrected chi connectivity index (χ1v) is 9.20. The second kappa shape index (κ2) is 7.26. The lowest BCUT2D eigenvalue weighted by Crippen LogP contribution is -2.41. The van der Waals surface area contributed by atoms with E-state index in [1.807, 2.05) is 6.07 Å². The van der Waals surface area contributed by atoms with Crippen LogP contribution in [-0.4, -0.2) is 7.11 Å². The Balaban J connectivity index is 1.85. The Hall–Kier alpha value is -3.30. The van der Waals surface area contributed by atoms with Gasteiger partial charge < -0.3 is 15.4 Å². The van der Waals surface area contributed by atoms with Gasteiger partial charge in [0.25, 0.3) is 0 Å². The molecule has 2 N–H and O–H groups in total. The molecule has 1 heterocycles. The summed E-state index contributed by atoms with van der Waals surface area (Å²) in [6, 6.07) is 16.7. The van der Waals surface area contributed by atoms with Gasteiger partial charge in [0.05, 0.1) is 30.1 Å². The van der Waals surface area contributed by atoms with Crippen LogP contribution in [0.15, 0.2) is 54.6 Å². The van der Waals surface area contributed by atoms with Crippen molar-refractivity contribution in [3.05, 3.63) is 87.9 Å². The van der Waals surface area contributed by atoms with Crippen LogP contribution in [0, 0.1) is 23.0 Å². The number of nitriles is 1. The molecule has 0 saturated heterocycles. The van der Waals surface area contributed by atoms with Gasteiger partial charge >= 0.3 is 0 Å². The zero-order chi connectivity index (χ0) is 20.6. The van der Waals surface area contributed by atoms with E-state index in [1.165, 1.54) is 7.11 Å². The molecule has 29 heavy (non-hydrogen) atoms. The quantitative estimate of drug-likeness (QED) is 0.601. The van der Waals surface area contributed by atoms with Gasteiger partial charge in [-0.25, -0.2) is 8.78 Å². The Kier molecular flexibility index (Phi) is 4.77. The molecule has 3 aromatic rings. The fourth-order valence-electron chi connectivity index (χ4n) is 3.64. The van der Waals surface area contributed by atoms with Gasteiger partial charge in [0.1, 0.15) is 11.4 Å². The first-order valence-electron chi connectivity index (χ1n) is 8.82. The largest absolute Gasteiger partial charge is 0.496 e. The second-order valence-electron chi connectivity index (χ2n) is 6.80. The van der Waals surface area contributed by atoms with Crippen molar-refractivity contribution in [3.63, 3.8) is 0 Å². The molecule has 3 aromatic carbocycles. The van der Waals surface area contributed by atoms with Gasteiger partial charge in [-0.05, 0) is 35.9 Å². The minimum absolute atomic E-state index is 0.373. The third kappa shape index (κ3) is 3.45. The number of methoxy groups -OCH3 is 1. The van der Waals surface area contributed by atoms with Crippen molar-refractivity contribution in [2.24, 2.45) is 0 Å². The normalized spacial score (nSPS) is 13.8. The standard InChI is InChI=1S/C22H16ClF2N3O/c1-29-21-8-15(23)5-6-16(21)22(11-13-3-2-4-14(7-13)12-26)27-19-9-17(24)18(25)10-20(19)28-22/h2-10,27-28H,11H2,1H3. The Labute approximate surface area is 171 Å². The number of anilines is 2. The molecular formula is C22H16ClF2N3O. The van der Waals surface area contributed by atoms with Crippen molar-refractivity contribution >= 4 is 23.0 Å². The van der Waals surface area contributed by atoms with Crippen molar-refractivity contribution < 1.29 is 13.5 Å². The summed E-state index contributed by atoms with van der Waals surface area (Å²) in [5.41, 5.74) is 1.98. The molecular weight excluding hydrogens is 396 g/mol. The minimum atomic E-state index is -0.966. The lowest BCUT2D eigenvalue weighted by atomic mass is 9.91. The summed E-state index contributed by atoms with van der Waals surface area (Å²) in [5, 5.41) is 16.3. The third-order valence-electron chi connectivity index (χ3n) is 4.91. The molecule has 0 fully saturated rings. The molecule has 146 valence electrons. The molecule has 0 saturated carbocycles. The fraction of sp³-hybridized carbons (Fsp3) is 0.136. The molecule has 1 aliphatic heterocycles. The Morgan fingerprint density at radius 3 is 2.34 bits per heavy atom. The van der Waals surface area contributed by atoms with Gasteiger partial charge in [0.15, 0.2) is 11.6 Å². The number of nitrogens with zero attached hydrogens (tertiary/aromatic N) is 1. The van der Waals surface area contributed by atoms with Crippen molar-refractivity contribution in [2.45, 2.75) is 12.1 Å². The van der Waals surface area contributed by atoms with E-state index in [9.17, 15) is 14.0 Å². The van der Waals surface area contributed by atoms with Gasteiger partial charge in [0, 0.05) is 29.1 Å². The summed E-state index contributed by atoms with van der Waals surface area (Å²) in [6.07, 6.45) is 0.373. The van der Waals surface area contributed by atoms with E-state index in [1.54, 1.807) is 36.4 Å². The highest BCUT2D eigenvalue weighted by atomic mass is 35.5. The van der Waals surface area contributed by atoms with Crippen LogP contribution in [0.3, 0.4) is 0 Å². The lowest BCUT2D eigenvalue weighted by molar-refractivity contribution is 0.397. The van der Waals surface area contributed by atoms with E-state index in [0.29, 0.717) is 39.7 Å². The summed E-state index contributed by atoms with van der Waals surface area (Å²) >= 11 is 6.12. The van der Waals surface area contributed by atoms with Crippen LogP contribution in [0.1, 0.15) is 16.7 Å². The zero-order valence-corrected chi connectivity index (χ0v) is 16.1. The number of hydrogen-bond acceptors (Lipinski definition) is 4. The van der Waals surface area contributed by atoms with Crippen LogP contribution >= 0.6 is 11.6 Å². The maximum absolute atomic E-state index is 13.8. The van der Waals surface area contributed by atoms with Crippen LogP contribution in [0.2, 0.25) is 5.02 Å². The van der Waals surface area contributed by atoms with Gasteiger partial charge in [-0.1, -0.05) is 23.7 Å². The number of rotatable bonds is 4. The molecule has 0 spiro atoms. The molecule has 4 nitrogen and oxygen atoms in total. The van der Waals surface area contributed by atoms with Crippen molar-refractivity contribution in [1.82, 2.24) is 0 Å². The van der Waals surface area contributed by atoms with Crippen molar-refractivity contribution in [2.75, 3.05) is 17.7 Å². The predicted molar refractivity (Wildman–Crippen MR) is 108 cm³/mol. The average Bonchev–Trinajstić information content (AvgIpc) is 3.05. The SMILES string of the molecule is COc1cc(Cl)ccc1C1(Cc2cccc(C#N)c2)Nc2cc(F)c(F)cc2N1. The van der Waals surface area contributed by atoms with Crippen LogP contribution < -0.4 is 15.4 Å². The highest BCUT2D eigenvalue weighted by Crippen LogP contribution is 2.45. The van der Waals surface area contributed by atoms with E-state index < -0.39 is 17.3 Å². The number of ether oxygens (including phenoxy) is 1. The summed E-state index contributed by atoms with van der Waals surface area (Å²) in [4.78, 5) is 0. The predicted octanol–water partition coefficient (Wildman–Crippen LogP) is 5.43. The van der Waals surface area contributed by atoms with E-state index in [-0.39, 0.29) is 0 Å². The number of hydrogen-bond donors (Lipinski definition) is 2. The monoisotopic (exact) mass is 411 g/mol. The molecule has 4 rings (SSSR count). The van der Waals surface area contributed by atoms with Gasteiger partial charge in [0.2, 0.25) is 0 Å². The summed E-state index contributed by atoms with van der Waals surface area (Å²) in [6.45, 7) is 0. The van der Waals surface area contributed by atoms with E-state index in [0.717, 1.165) is 17.7 Å². The lowest BCUT2D eigenvalue weighted by Gasteiger charge is -2.33. The maximum Gasteiger partial charge on any atom is 0.161 e. The van der Waals surface area contributed by atoms with Crippen LogP contribution in [0.4, 0.5) is 20.2 Å².